The van der Waals surface area contributed by atoms with Gasteiger partial charge in [0.25, 0.3) is 0 Å². The van der Waals surface area contributed by atoms with Gasteiger partial charge in [0.1, 0.15) is 0 Å². The molecule has 0 aromatic heterocycles. The highest BCUT2D eigenvalue weighted by Crippen LogP contribution is 2.31. The fourth-order valence-corrected chi connectivity index (χ4v) is 2.13. The van der Waals surface area contributed by atoms with E-state index < -0.39 is 0 Å². The average molecular weight is 202 g/mol. The van der Waals surface area contributed by atoms with Crippen molar-refractivity contribution < 1.29 is 0 Å². The lowest BCUT2D eigenvalue weighted by molar-refractivity contribution is 0.276. The predicted molar refractivity (Wildman–Crippen MR) is 65.6 cm³/mol. The first-order valence-electron chi connectivity index (χ1n) is 5.38. The minimum atomic E-state index is 0.493. The Kier molecular flexibility index (Phi) is 5.43. The fraction of sp³-hybridized carbons (Fsp3) is 1.00. The van der Waals surface area contributed by atoms with E-state index in [0.717, 1.165) is 5.75 Å². The first-order chi connectivity index (χ1) is 5.77. The summed E-state index contributed by atoms with van der Waals surface area (Å²) in [4.78, 5) is 0. The van der Waals surface area contributed by atoms with Crippen molar-refractivity contribution in [3.8, 4) is 0 Å². The zero-order valence-corrected chi connectivity index (χ0v) is 10.9. The third-order valence-corrected chi connectivity index (χ3v) is 2.79. The molecule has 0 bridgehead atoms. The average Bonchev–Trinajstić information content (AvgIpc) is 1.82. The molecule has 0 spiro atoms. The molecule has 1 heteroatoms. The van der Waals surface area contributed by atoms with E-state index in [-0.39, 0.29) is 0 Å². The Morgan fingerprint density at radius 2 is 1.38 bits per heavy atom. The Balaban J connectivity index is 3.63. The van der Waals surface area contributed by atoms with Crippen LogP contribution in [0.1, 0.15) is 60.3 Å². The molecule has 0 atom stereocenters. The quantitative estimate of drug-likeness (QED) is 0.621. The highest BCUT2D eigenvalue weighted by Gasteiger charge is 2.18. The summed E-state index contributed by atoms with van der Waals surface area (Å²) >= 11 is 4.29. The van der Waals surface area contributed by atoms with Gasteiger partial charge in [0, 0.05) is 0 Å². The molecule has 0 aromatic rings. The summed E-state index contributed by atoms with van der Waals surface area (Å²) in [5, 5.41) is 0. The van der Waals surface area contributed by atoms with Crippen molar-refractivity contribution in [2.75, 3.05) is 5.75 Å². The standard InChI is InChI=1S/C12H26S/c1-11(2,3)7-6-8-12(4,5)9-10-13/h13H,6-10H2,1-5H3. The molecule has 0 fully saturated rings. The first kappa shape index (κ1) is 13.4. The van der Waals surface area contributed by atoms with Crippen LogP contribution in [0.3, 0.4) is 0 Å². The van der Waals surface area contributed by atoms with Gasteiger partial charge in [-0.15, -0.1) is 0 Å². The van der Waals surface area contributed by atoms with Crippen molar-refractivity contribution in [2.45, 2.75) is 60.3 Å². The third kappa shape index (κ3) is 8.67. The maximum Gasteiger partial charge on any atom is -0.00928 e. The molecule has 13 heavy (non-hydrogen) atoms. The first-order valence-corrected chi connectivity index (χ1v) is 6.01. The van der Waals surface area contributed by atoms with Gasteiger partial charge in [0.15, 0.2) is 0 Å². The topological polar surface area (TPSA) is 0 Å². The lowest BCUT2D eigenvalue weighted by atomic mass is 9.81. The van der Waals surface area contributed by atoms with Crippen molar-refractivity contribution in [1.29, 1.82) is 0 Å². The number of hydrogen-bond acceptors (Lipinski definition) is 1. The molecule has 0 saturated carbocycles. The van der Waals surface area contributed by atoms with E-state index in [0.29, 0.717) is 10.8 Å². The highest BCUT2D eigenvalue weighted by atomic mass is 32.1. The normalized spacial score (nSPS) is 13.4. The van der Waals surface area contributed by atoms with Crippen LogP contribution in [0.2, 0.25) is 0 Å². The molecule has 0 N–H and O–H groups in total. The van der Waals surface area contributed by atoms with Gasteiger partial charge in [-0.3, -0.25) is 0 Å². The second kappa shape index (κ2) is 5.29. The molecule has 0 aliphatic heterocycles. The minimum Gasteiger partial charge on any atom is -0.179 e. The molecule has 0 aromatic carbocycles. The third-order valence-electron chi connectivity index (χ3n) is 2.57. The number of rotatable bonds is 5. The largest absolute Gasteiger partial charge is 0.179 e. The lowest BCUT2D eigenvalue weighted by Crippen LogP contribution is -2.14. The fourth-order valence-electron chi connectivity index (χ4n) is 1.52. The van der Waals surface area contributed by atoms with Crippen LogP contribution < -0.4 is 0 Å². The van der Waals surface area contributed by atoms with Gasteiger partial charge >= 0.3 is 0 Å². The van der Waals surface area contributed by atoms with Crippen molar-refractivity contribution in [1.82, 2.24) is 0 Å². The Hall–Kier alpha value is 0.350. The monoisotopic (exact) mass is 202 g/mol. The van der Waals surface area contributed by atoms with Gasteiger partial charge in [-0.05, 0) is 35.8 Å². The predicted octanol–water partition coefficient (Wildman–Crippen LogP) is 4.55. The molecule has 0 nitrogen and oxygen atoms in total. The van der Waals surface area contributed by atoms with Gasteiger partial charge in [-0.1, -0.05) is 41.0 Å². The van der Waals surface area contributed by atoms with Gasteiger partial charge < -0.3 is 0 Å². The van der Waals surface area contributed by atoms with Crippen LogP contribution in [0.5, 0.6) is 0 Å². The molecular weight excluding hydrogens is 176 g/mol. The van der Waals surface area contributed by atoms with Crippen LogP contribution >= 0.6 is 12.6 Å². The van der Waals surface area contributed by atoms with Crippen LogP contribution in [0.15, 0.2) is 0 Å². The van der Waals surface area contributed by atoms with E-state index in [2.05, 4.69) is 47.2 Å². The number of thiol groups is 1. The minimum absolute atomic E-state index is 0.493. The summed E-state index contributed by atoms with van der Waals surface area (Å²) < 4.78 is 0. The molecule has 0 heterocycles. The maximum atomic E-state index is 4.29. The van der Waals surface area contributed by atoms with E-state index in [1.807, 2.05) is 0 Å². The Labute approximate surface area is 89.9 Å². The maximum absolute atomic E-state index is 4.29. The second-order valence-electron chi connectivity index (χ2n) is 6.05. The van der Waals surface area contributed by atoms with Crippen molar-refractivity contribution in [3.05, 3.63) is 0 Å². The van der Waals surface area contributed by atoms with Gasteiger partial charge in [0.2, 0.25) is 0 Å². The van der Waals surface area contributed by atoms with Crippen molar-refractivity contribution in [2.24, 2.45) is 10.8 Å². The molecule has 0 unspecified atom stereocenters. The zero-order chi connectivity index (χ0) is 10.5. The summed E-state index contributed by atoms with van der Waals surface area (Å²) in [5.41, 5.74) is 0.990. The molecule has 0 rings (SSSR count). The Morgan fingerprint density at radius 3 is 1.77 bits per heavy atom. The van der Waals surface area contributed by atoms with Crippen molar-refractivity contribution in [3.63, 3.8) is 0 Å². The molecule has 0 aliphatic carbocycles. The van der Waals surface area contributed by atoms with Gasteiger partial charge in [-0.25, -0.2) is 0 Å². The van der Waals surface area contributed by atoms with Crippen LogP contribution in [-0.4, -0.2) is 5.75 Å². The van der Waals surface area contributed by atoms with Gasteiger partial charge in [0.05, 0.1) is 0 Å². The molecule has 80 valence electrons. The molecule has 0 amide bonds. The SMILES string of the molecule is CC(C)(C)CCCC(C)(C)CCS. The van der Waals surface area contributed by atoms with Gasteiger partial charge in [-0.2, -0.15) is 12.6 Å². The van der Waals surface area contributed by atoms with E-state index in [4.69, 9.17) is 0 Å². The molecule has 0 radical (unpaired) electrons. The Bertz CT molecular complexity index is 131. The summed E-state index contributed by atoms with van der Waals surface area (Å²) in [6, 6.07) is 0. The van der Waals surface area contributed by atoms with Crippen LogP contribution in [-0.2, 0) is 0 Å². The van der Waals surface area contributed by atoms with E-state index >= 15 is 0 Å². The van der Waals surface area contributed by atoms with E-state index in [1.165, 1.54) is 25.7 Å². The zero-order valence-electron chi connectivity index (χ0n) is 9.98. The van der Waals surface area contributed by atoms with Crippen LogP contribution in [0.25, 0.3) is 0 Å². The smallest absolute Gasteiger partial charge is 0.00928 e. The molecular formula is C12H26S. The Morgan fingerprint density at radius 1 is 0.846 bits per heavy atom. The lowest BCUT2D eigenvalue weighted by Gasteiger charge is -2.26. The van der Waals surface area contributed by atoms with E-state index in [1.54, 1.807) is 0 Å². The second-order valence-corrected chi connectivity index (χ2v) is 6.50. The molecule has 0 saturated heterocycles. The summed E-state index contributed by atoms with van der Waals surface area (Å²) in [6.45, 7) is 11.7. The van der Waals surface area contributed by atoms with Crippen LogP contribution in [0, 0.1) is 10.8 Å². The summed E-state index contributed by atoms with van der Waals surface area (Å²) in [6.07, 6.45) is 5.26. The van der Waals surface area contributed by atoms with E-state index in [9.17, 15) is 0 Å². The summed E-state index contributed by atoms with van der Waals surface area (Å²) in [5.74, 6) is 1.02. The number of hydrogen-bond donors (Lipinski definition) is 1. The highest BCUT2D eigenvalue weighted by molar-refractivity contribution is 7.80. The van der Waals surface area contributed by atoms with Crippen molar-refractivity contribution >= 4 is 12.6 Å². The molecule has 0 aliphatic rings. The summed E-state index contributed by atoms with van der Waals surface area (Å²) in [7, 11) is 0. The van der Waals surface area contributed by atoms with Crippen LogP contribution in [0.4, 0.5) is 0 Å².